The third-order valence-corrected chi connectivity index (χ3v) is 6.32. The molecular weight excluding hydrogens is 509 g/mol. The van der Waals surface area contributed by atoms with Gasteiger partial charge in [-0.2, -0.15) is 8.78 Å². The molecule has 0 aliphatic heterocycles. The number of alkyl halides is 2. The van der Waals surface area contributed by atoms with E-state index in [0.29, 0.717) is 23.8 Å². The molecule has 8 heteroatoms. The van der Waals surface area contributed by atoms with Crippen LogP contribution in [0.1, 0.15) is 35.6 Å². The van der Waals surface area contributed by atoms with Crippen LogP contribution in [-0.4, -0.2) is 0 Å². The van der Waals surface area contributed by atoms with Crippen molar-refractivity contribution in [2.24, 2.45) is 0 Å². The Bertz CT molecular complexity index is 1470. The van der Waals surface area contributed by atoms with Crippen LogP contribution in [0.15, 0.2) is 60.7 Å². The van der Waals surface area contributed by atoms with Crippen LogP contribution < -0.4 is 4.74 Å². The van der Waals surface area contributed by atoms with E-state index in [4.69, 9.17) is 0 Å². The van der Waals surface area contributed by atoms with Crippen molar-refractivity contribution >= 4 is 0 Å². The summed E-state index contributed by atoms with van der Waals surface area (Å²) in [5.74, 6) is -7.44. The fourth-order valence-electron chi connectivity index (χ4n) is 4.21. The van der Waals surface area contributed by atoms with Gasteiger partial charge in [0, 0.05) is 22.8 Å². The average Bonchev–Trinajstić information content (AvgIpc) is 2.86. The minimum atomic E-state index is -4.63. The normalized spacial score (nSPS) is 11.6. The number of halogens is 7. The molecular formula is C30H23F7O. The highest BCUT2D eigenvalue weighted by atomic mass is 19.3. The number of ether oxygens (including phenoxy) is 1. The minimum Gasteiger partial charge on any atom is -0.428 e. The van der Waals surface area contributed by atoms with E-state index in [2.05, 4.69) is 11.7 Å². The Morgan fingerprint density at radius 2 is 1.24 bits per heavy atom. The molecule has 0 saturated carbocycles. The van der Waals surface area contributed by atoms with E-state index in [1.165, 1.54) is 12.1 Å². The smallest absolute Gasteiger partial charge is 0.428 e. The monoisotopic (exact) mass is 532 g/mol. The van der Waals surface area contributed by atoms with Gasteiger partial charge >= 0.3 is 6.11 Å². The molecule has 0 bridgehead atoms. The van der Waals surface area contributed by atoms with Crippen molar-refractivity contribution in [3.05, 3.63) is 112 Å². The number of hydrogen-bond donors (Lipinski definition) is 0. The molecule has 0 atom stereocenters. The first kappa shape index (κ1) is 27.2. The molecule has 4 rings (SSSR count). The topological polar surface area (TPSA) is 9.23 Å². The van der Waals surface area contributed by atoms with Crippen LogP contribution in [0.2, 0.25) is 0 Å². The van der Waals surface area contributed by atoms with Crippen molar-refractivity contribution in [1.82, 2.24) is 0 Å². The maximum atomic E-state index is 15.0. The van der Waals surface area contributed by atoms with E-state index in [1.54, 1.807) is 6.07 Å². The summed E-state index contributed by atoms with van der Waals surface area (Å²) in [6.45, 7) is 4.23. The first-order valence-electron chi connectivity index (χ1n) is 11.8. The summed E-state index contributed by atoms with van der Waals surface area (Å²) < 4.78 is 107. The van der Waals surface area contributed by atoms with Crippen molar-refractivity contribution in [2.45, 2.75) is 39.7 Å². The lowest BCUT2D eigenvalue weighted by Gasteiger charge is -2.21. The van der Waals surface area contributed by atoms with Gasteiger partial charge in [0.15, 0.2) is 0 Å². The highest BCUT2D eigenvalue weighted by Crippen LogP contribution is 2.39. The Morgan fingerprint density at radius 3 is 1.82 bits per heavy atom. The molecule has 0 unspecified atom stereocenters. The Morgan fingerprint density at radius 1 is 0.658 bits per heavy atom. The second-order valence-corrected chi connectivity index (χ2v) is 9.00. The molecule has 0 aromatic heterocycles. The van der Waals surface area contributed by atoms with E-state index in [1.807, 2.05) is 24.3 Å². The fraction of sp³-hybridized carbons (Fsp3) is 0.200. The van der Waals surface area contributed by atoms with Gasteiger partial charge in [-0.15, -0.1) is 0 Å². The molecule has 0 aliphatic carbocycles. The Hall–Kier alpha value is -3.81. The summed E-state index contributed by atoms with van der Waals surface area (Å²) >= 11 is 0. The molecule has 0 saturated heterocycles. The third-order valence-electron chi connectivity index (χ3n) is 6.32. The molecule has 0 aliphatic rings. The van der Waals surface area contributed by atoms with Crippen molar-refractivity contribution in [2.75, 3.05) is 0 Å². The van der Waals surface area contributed by atoms with Gasteiger partial charge in [-0.25, -0.2) is 22.0 Å². The minimum absolute atomic E-state index is 0.205. The summed E-state index contributed by atoms with van der Waals surface area (Å²) in [4.78, 5) is 0. The van der Waals surface area contributed by atoms with Crippen molar-refractivity contribution < 1.29 is 35.5 Å². The summed E-state index contributed by atoms with van der Waals surface area (Å²) in [6.07, 6.45) is -2.74. The van der Waals surface area contributed by atoms with Crippen molar-refractivity contribution in [3.63, 3.8) is 0 Å². The SMILES string of the molecule is CCCc1ccc(-c2ccc(-c3cc(F)c(C(F)(F)Oc4cc(F)c(C)c(F)c4C)c(F)c3)c(F)c2)cc1. The quantitative estimate of drug-likeness (QED) is 0.216. The molecule has 0 amide bonds. The number of benzene rings is 4. The fourth-order valence-corrected chi connectivity index (χ4v) is 4.21. The highest BCUT2D eigenvalue weighted by molar-refractivity contribution is 5.71. The molecule has 38 heavy (non-hydrogen) atoms. The zero-order valence-corrected chi connectivity index (χ0v) is 20.7. The lowest BCUT2D eigenvalue weighted by molar-refractivity contribution is -0.190. The average molecular weight is 532 g/mol. The van der Waals surface area contributed by atoms with Crippen LogP contribution in [0.25, 0.3) is 22.3 Å². The van der Waals surface area contributed by atoms with Gasteiger partial charge in [0.05, 0.1) is 0 Å². The number of aryl methyl sites for hydroxylation is 1. The predicted molar refractivity (Wildman–Crippen MR) is 132 cm³/mol. The van der Waals surface area contributed by atoms with Gasteiger partial charge in [-0.1, -0.05) is 49.7 Å². The molecule has 4 aromatic rings. The van der Waals surface area contributed by atoms with Crippen LogP contribution in [-0.2, 0) is 12.5 Å². The number of hydrogen-bond acceptors (Lipinski definition) is 1. The molecule has 0 N–H and O–H groups in total. The Labute approximate surface area is 215 Å². The first-order chi connectivity index (χ1) is 17.9. The van der Waals surface area contributed by atoms with Crippen molar-refractivity contribution in [3.8, 4) is 28.0 Å². The van der Waals surface area contributed by atoms with Crippen LogP contribution in [0.3, 0.4) is 0 Å². The molecule has 0 spiro atoms. The highest BCUT2D eigenvalue weighted by Gasteiger charge is 2.42. The van der Waals surface area contributed by atoms with Gasteiger partial charge < -0.3 is 4.74 Å². The van der Waals surface area contributed by atoms with Crippen LogP contribution in [0.4, 0.5) is 30.7 Å². The lowest BCUT2D eigenvalue weighted by Crippen LogP contribution is -2.26. The standard InChI is InChI=1S/C30H23F7O/c1-4-5-18-6-8-19(9-7-18)20-10-11-22(24(32)12-20)21-13-25(33)28(26(34)14-21)30(36,37)38-27-15-23(31)16(2)29(35)17(27)3/h6-15H,4-5H2,1-3H3. The Kier molecular flexibility index (Phi) is 7.54. The Balaban J connectivity index is 1.66. The zero-order valence-electron chi connectivity index (χ0n) is 20.7. The van der Waals surface area contributed by atoms with Gasteiger partial charge in [0.1, 0.15) is 40.4 Å². The number of rotatable bonds is 7. The first-order valence-corrected chi connectivity index (χ1v) is 11.8. The summed E-state index contributed by atoms with van der Waals surface area (Å²) in [5, 5.41) is 0. The van der Waals surface area contributed by atoms with Gasteiger partial charge in [-0.3, -0.25) is 0 Å². The zero-order chi connectivity index (χ0) is 27.8. The molecule has 0 heterocycles. The predicted octanol–water partition coefficient (Wildman–Crippen LogP) is 9.41. The van der Waals surface area contributed by atoms with E-state index >= 15 is 0 Å². The third kappa shape index (κ3) is 5.26. The molecule has 1 nitrogen and oxygen atoms in total. The second-order valence-electron chi connectivity index (χ2n) is 9.00. The van der Waals surface area contributed by atoms with Gasteiger partial charge in [-0.05, 0) is 60.7 Å². The second kappa shape index (κ2) is 10.5. The summed E-state index contributed by atoms with van der Waals surface area (Å²) in [5.41, 5.74) is -0.767. The molecule has 0 radical (unpaired) electrons. The summed E-state index contributed by atoms with van der Waals surface area (Å²) in [7, 11) is 0. The van der Waals surface area contributed by atoms with Crippen LogP contribution in [0, 0.1) is 42.9 Å². The van der Waals surface area contributed by atoms with Gasteiger partial charge in [0.25, 0.3) is 0 Å². The summed E-state index contributed by atoms with van der Waals surface area (Å²) in [6, 6.07) is 13.2. The van der Waals surface area contributed by atoms with E-state index in [9.17, 15) is 30.7 Å². The van der Waals surface area contributed by atoms with Crippen LogP contribution >= 0.6 is 0 Å². The molecule has 0 fully saturated rings. The van der Waals surface area contributed by atoms with E-state index in [-0.39, 0.29) is 11.1 Å². The lowest BCUT2D eigenvalue weighted by atomic mass is 9.97. The molecule has 198 valence electrons. The maximum absolute atomic E-state index is 15.0. The van der Waals surface area contributed by atoms with Crippen LogP contribution in [0.5, 0.6) is 5.75 Å². The van der Waals surface area contributed by atoms with Gasteiger partial charge in [0.2, 0.25) is 0 Å². The van der Waals surface area contributed by atoms with E-state index < -0.39 is 57.6 Å². The maximum Gasteiger partial charge on any atom is 0.432 e. The van der Waals surface area contributed by atoms with Crippen molar-refractivity contribution in [1.29, 1.82) is 0 Å². The largest absolute Gasteiger partial charge is 0.432 e. The molecule has 4 aromatic carbocycles. The van der Waals surface area contributed by atoms with E-state index in [0.717, 1.165) is 37.8 Å².